The van der Waals surface area contributed by atoms with Crippen LogP contribution >= 0.6 is 23.2 Å². The molecule has 0 radical (unpaired) electrons. The minimum absolute atomic E-state index is 0.464. The number of nitrogens with zero attached hydrogens (tertiary/aromatic N) is 1. The summed E-state index contributed by atoms with van der Waals surface area (Å²) in [7, 11) is 1.70. The summed E-state index contributed by atoms with van der Waals surface area (Å²) in [5.41, 5.74) is 1.90. The van der Waals surface area contributed by atoms with Crippen molar-refractivity contribution in [2.45, 2.75) is 43.7 Å². The molecule has 0 atom stereocenters. The maximum Gasteiger partial charge on any atom is 0.286 e. The average Bonchev–Trinajstić information content (AvgIpc) is 2.70. The summed E-state index contributed by atoms with van der Waals surface area (Å²) < 4.78 is 5.34. The summed E-state index contributed by atoms with van der Waals surface area (Å²) in [5, 5.41) is 4.83. The van der Waals surface area contributed by atoms with Gasteiger partial charge < -0.3 is 4.74 Å². The molecule has 0 aromatic heterocycles. The van der Waals surface area contributed by atoms with Crippen LogP contribution in [-0.4, -0.2) is 19.3 Å². The third-order valence-corrected chi connectivity index (χ3v) is 6.04. The smallest absolute Gasteiger partial charge is 0.286 e. The number of nitrogens with one attached hydrogen (secondary N) is 1. The fourth-order valence-electron chi connectivity index (χ4n) is 3.81. The van der Waals surface area contributed by atoms with Crippen LogP contribution in [0.15, 0.2) is 42.5 Å². The first-order chi connectivity index (χ1) is 13.0. The van der Waals surface area contributed by atoms with Crippen LogP contribution in [0.5, 0.6) is 5.75 Å². The molecule has 0 unspecified atom stereocenters. The Hall–Kier alpha value is -1.73. The van der Waals surface area contributed by atoms with Crippen LogP contribution < -0.4 is 10.1 Å². The molecular formula is C22H24Cl2N2O. The lowest BCUT2D eigenvalue weighted by atomic mass is 9.78. The molecule has 1 aliphatic rings. The summed E-state index contributed by atoms with van der Waals surface area (Å²) in [6.07, 6.45) is 4.50. The first kappa shape index (κ1) is 20.0. The van der Waals surface area contributed by atoms with Crippen molar-refractivity contribution >= 4 is 23.2 Å². The number of halogens is 2. The molecule has 0 aliphatic heterocycles. The van der Waals surface area contributed by atoms with Crippen LogP contribution in [-0.2, 0) is 6.42 Å². The number of methoxy groups -OCH3 is 1. The standard InChI is InChI=1S/C22H24Cl2N2O/c1-25-22(26-13-10-17-6-7-19(23)15-21(17)24)11-8-16(9-12-22)18-4-3-5-20(14-18)27-2/h3-7,14-16,26H,8-13H2,2H3. The predicted octanol–water partition coefficient (Wildman–Crippen LogP) is 6.11. The zero-order valence-corrected chi connectivity index (χ0v) is 17.0. The highest BCUT2D eigenvalue weighted by Crippen LogP contribution is 2.39. The van der Waals surface area contributed by atoms with Crippen LogP contribution in [0.25, 0.3) is 4.85 Å². The summed E-state index contributed by atoms with van der Waals surface area (Å²) in [5.74, 6) is 1.38. The Labute approximate surface area is 171 Å². The molecule has 5 heteroatoms. The highest BCUT2D eigenvalue weighted by atomic mass is 35.5. The van der Waals surface area contributed by atoms with Crippen molar-refractivity contribution < 1.29 is 4.74 Å². The molecule has 27 heavy (non-hydrogen) atoms. The topological polar surface area (TPSA) is 25.6 Å². The van der Waals surface area contributed by atoms with E-state index in [1.165, 1.54) is 5.56 Å². The number of ether oxygens (including phenoxy) is 1. The average molecular weight is 403 g/mol. The summed E-state index contributed by atoms with van der Waals surface area (Å²) in [6, 6.07) is 13.9. The van der Waals surface area contributed by atoms with Crippen molar-refractivity contribution in [1.29, 1.82) is 0 Å². The van der Waals surface area contributed by atoms with E-state index < -0.39 is 5.66 Å². The van der Waals surface area contributed by atoms with Crippen molar-refractivity contribution in [1.82, 2.24) is 5.32 Å². The van der Waals surface area contributed by atoms with Gasteiger partial charge in [-0.1, -0.05) is 41.4 Å². The molecule has 0 amide bonds. The van der Waals surface area contributed by atoms with Gasteiger partial charge in [0.2, 0.25) is 0 Å². The van der Waals surface area contributed by atoms with Gasteiger partial charge in [-0.2, -0.15) is 0 Å². The van der Waals surface area contributed by atoms with E-state index in [0.717, 1.165) is 50.0 Å². The first-order valence-corrected chi connectivity index (χ1v) is 10.0. The third kappa shape index (κ3) is 4.96. The van der Waals surface area contributed by atoms with E-state index in [0.29, 0.717) is 16.0 Å². The van der Waals surface area contributed by atoms with Crippen molar-refractivity contribution in [3.8, 4) is 5.75 Å². The molecule has 142 valence electrons. The van der Waals surface area contributed by atoms with Gasteiger partial charge in [-0.15, -0.1) is 0 Å². The van der Waals surface area contributed by atoms with Gasteiger partial charge in [-0.05, 0) is 60.6 Å². The second-order valence-electron chi connectivity index (χ2n) is 7.11. The van der Waals surface area contributed by atoms with E-state index in [9.17, 15) is 0 Å². The van der Waals surface area contributed by atoms with Gasteiger partial charge in [0.05, 0.1) is 7.11 Å². The fraction of sp³-hybridized carbons (Fsp3) is 0.409. The highest BCUT2D eigenvalue weighted by Gasteiger charge is 2.40. The molecule has 1 saturated carbocycles. The van der Waals surface area contributed by atoms with Crippen LogP contribution in [0.1, 0.15) is 42.7 Å². The van der Waals surface area contributed by atoms with Crippen LogP contribution in [0, 0.1) is 6.57 Å². The third-order valence-electron chi connectivity index (χ3n) is 5.46. The van der Waals surface area contributed by atoms with E-state index in [1.807, 2.05) is 24.3 Å². The molecule has 1 aliphatic carbocycles. The second kappa shape index (κ2) is 8.97. The molecule has 0 spiro atoms. The quantitative estimate of drug-likeness (QED) is 0.589. The maximum absolute atomic E-state index is 7.73. The molecule has 3 rings (SSSR count). The zero-order valence-electron chi connectivity index (χ0n) is 15.5. The van der Waals surface area contributed by atoms with Gasteiger partial charge in [-0.25, -0.2) is 11.9 Å². The van der Waals surface area contributed by atoms with Crippen molar-refractivity contribution in [3.63, 3.8) is 0 Å². The summed E-state index contributed by atoms with van der Waals surface area (Å²) in [4.78, 5) is 3.97. The van der Waals surface area contributed by atoms with Crippen molar-refractivity contribution in [2.75, 3.05) is 13.7 Å². The van der Waals surface area contributed by atoms with Gasteiger partial charge in [0, 0.05) is 29.4 Å². The largest absolute Gasteiger partial charge is 0.497 e. The van der Waals surface area contributed by atoms with Crippen molar-refractivity contribution in [3.05, 3.63) is 75.1 Å². The number of hydrogen-bond acceptors (Lipinski definition) is 2. The molecule has 3 nitrogen and oxygen atoms in total. The van der Waals surface area contributed by atoms with Crippen LogP contribution in [0.4, 0.5) is 0 Å². The lowest BCUT2D eigenvalue weighted by Gasteiger charge is -2.32. The van der Waals surface area contributed by atoms with E-state index in [1.54, 1.807) is 13.2 Å². The Morgan fingerprint density at radius 2 is 1.96 bits per heavy atom. The maximum atomic E-state index is 7.73. The van der Waals surface area contributed by atoms with Gasteiger partial charge in [-0.3, -0.25) is 4.85 Å². The van der Waals surface area contributed by atoms with Gasteiger partial charge >= 0.3 is 0 Å². The molecule has 0 saturated heterocycles. The number of hydrogen-bond donors (Lipinski definition) is 1. The zero-order chi connectivity index (χ0) is 19.3. The van der Waals surface area contributed by atoms with E-state index in [-0.39, 0.29) is 0 Å². The minimum atomic E-state index is -0.464. The second-order valence-corrected chi connectivity index (χ2v) is 7.95. The molecule has 2 aromatic rings. The van der Waals surface area contributed by atoms with Crippen molar-refractivity contribution in [2.24, 2.45) is 0 Å². The Kier molecular flexibility index (Phi) is 6.65. The Morgan fingerprint density at radius 3 is 2.63 bits per heavy atom. The summed E-state index contributed by atoms with van der Waals surface area (Å²) in [6.45, 7) is 8.46. The molecule has 1 N–H and O–H groups in total. The SMILES string of the molecule is [C-]#[N+]C1(NCCc2ccc(Cl)cc2Cl)CCC(c2cccc(OC)c2)CC1. The first-order valence-electron chi connectivity index (χ1n) is 9.27. The Morgan fingerprint density at radius 1 is 1.19 bits per heavy atom. The molecule has 0 heterocycles. The van der Waals surface area contributed by atoms with Gasteiger partial charge in [0.15, 0.2) is 0 Å². The fourth-order valence-corrected chi connectivity index (χ4v) is 4.31. The Bertz CT molecular complexity index is 823. The lowest BCUT2D eigenvalue weighted by molar-refractivity contribution is 0.266. The highest BCUT2D eigenvalue weighted by molar-refractivity contribution is 6.35. The van der Waals surface area contributed by atoms with E-state index in [4.69, 9.17) is 34.5 Å². The monoisotopic (exact) mass is 402 g/mol. The van der Waals surface area contributed by atoms with Crippen LogP contribution in [0.3, 0.4) is 0 Å². The van der Waals surface area contributed by atoms with Crippen LogP contribution in [0.2, 0.25) is 10.0 Å². The number of benzene rings is 2. The van der Waals surface area contributed by atoms with E-state index in [2.05, 4.69) is 22.3 Å². The van der Waals surface area contributed by atoms with E-state index >= 15 is 0 Å². The van der Waals surface area contributed by atoms with Gasteiger partial charge in [0.25, 0.3) is 5.66 Å². The molecule has 2 aromatic carbocycles. The minimum Gasteiger partial charge on any atom is -0.497 e. The molecule has 0 bridgehead atoms. The predicted molar refractivity (Wildman–Crippen MR) is 112 cm³/mol. The Balaban J connectivity index is 1.57. The molecule has 1 fully saturated rings. The van der Waals surface area contributed by atoms with Gasteiger partial charge in [0.1, 0.15) is 5.75 Å². The lowest BCUT2D eigenvalue weighted by Crippen LogP contribution is -2.45. The molecular weight excluding hydrogens is 379 g/mol. The summed E-state index contributed by atoms with van der Waals surface area (Å²) >= 11 is 12.2. The normalized spacial score (nSPS) is 22.2. The number of rotatable bonds is 6.